The highest BCUT2D eigenvalue weighted by Gasteiger charge is 2.17. The summed E-state index contributed by atoms with van der Waals surface area (Å²) in [5, 5.41) is 0. The Morgan fingerprint density at radius 2 is 2.06 bits per heavy atom. The maximum Gasteiger partial charge on any atom is 0.123 e. The minimum atomic E-state index is -0.263. The Morgan fingerprint density at radius 3 is 2.59 bits per heavy atom. The second kappa shape index (κ2) is 4.69. The van der Waals surface area contributed by atoms with Crippen LogP contribution in [0.25, 0.3) is 0 Å². The first-order chi connectivity index (χ1) is 8.11. The summed E-state index contributed by atoms with van der Waals surface area (Å²) in [6.07, 6.45) is 1.60. The van der Waals surface area contributed by atoms with Gasteiger partial charge in [0.25, 0.3) is 0 Å². The van der Waals surface area contributed by atoms with E-state index in [9.17, 15) is 4.39 Å². The Hall–Kier alpha value is -1.65. The lowest BCUT2D eigenvalue weighted by Crippen LogP contribution is -2.29. The standard InChI is InChI=1S/C13H15FN2O/c1-8-5-10(7-11(14)6-8)13(16-15)12-3-4-17-9(12)2/h3-7,13,16H,15H2,1-2H3. The van der Waals surface area contributed by atoms with Crippen LogP contribution in [0.3, 0.4) is 0 Å². The molecule has 90 valence electrons. The highest BCUT2D eigenvalue weighted by molar-refractivity contribution is 5.35. The Balaban J connectivity index is 2.45. The largest absolute Gasteiger partial charge is 0.469 e. The van der Waals surface area contributed by atoms with Crippen molar-refractivity contribution in [2.75, 3.05) is 0 Å². The number of furan rings is 1. The van der Waals surface area contributed by atoms with Gasteiger partial charge in [-0.1, -0.05) is 6.07 Å². The number of halogens is 1. The zero-order chi connectivity index (χ0) is 12.4. The van der Waals surface area contributed by atoms with Crippen molar-refractivity contribution >= 4 is 0 Å². The molecule has 0 spiro atoms. The molecule has 3 nitrogen and oxygen atoms in total. The third-order valence-corrected chi connectivity index (χ3v) is 2.77. The molecule has 1 aromatic carbocycles. The Morgan fingerprint density at radius 1 is 1.29 bits per heavy atom. The van der Waals surface area contributed by atoms with Crippen molar-refractivity contribution in [3.63, 3.8) is 0 Å². The van der Waals surface area contributed by atoms with E-state index in [-0.39, 0.29) is 11.9 Å². The predicted octanol–water partition coefficient (Wildman–Crippen LogP) is 2.59. The summed E-state index contributed by atoms with van der Waals surface area (Å²) < 4.78 is 18.6. The van der Waals surface area contributed by atoms with E-state index in [1.807, 2.05) is 26.0 Å². The van der Waals surface area contributed by atoms with Crippen molar-refractivity contribution in [3.8, 4) is 0 Å². The molecular weight excluding hydrogens is 219 g/mol. The van der Waals surface area contributed by atoms with Gasteiger partial charge < -0.3 is 4.42 Å². The van der Waals surface area contributed by atoms with Crippen LogP contribution in [0.5, 0.6) is 0 Å². The fourth-order valence-electron chi connectivity index (χ4n) is 1.99. The Kier molecular flexibility index (Phi) is 3.26. The van der Waals surface area contributed by atoms with Gasteiger partial charge in [-0.2, -0.15) is 0 Å². The van der Waals surface area contributed by atoms with Crippen LogP contribution >= 0.6 is 0 Å². The molecule has 2 rings (SSSR count). The molecule has 2 aromatic rings. The van der Waals surface area contributed by atoms with Gasteiger partial charge in [-0.3, -0.25) is 5.84 Å². The van der Waals surface area contributed by atoms with E-state index in [1.54, 1.807) is 6.26 Å². The molecule has 0 aliphatic heterocycles. The fraction of sp³-hybridized carbons (Fsp3) is 0.231. The zero-order valence-corrected chi connectivity index (χ0v) is 9.83. The van der Waals surface area contributed by atoms with Crippen molar-refractivity contribution in [3.05, 3.63) is 58.8 Å². The first kappa shape index (κ1) is 11.8. The third kappa shape index (κ3) is 2.38. The number of benzene rings is 1. The average Bonchev–Trinajstić information content (AvgIpc) is 2.65. The fourth-order valence-corrected chi connectivity index (χ4v) is 1.99. The van der Waals surface area contributed by atoms with Crippen LogP contribution in [0.1, 0.15) is 28.5 Å². The highest BCUT2D eigenvalue weighted by atomic mass is 19.1. The predicted molar refractivity (Wildman–Crippen MR) is 63.7 cm³/mol. The van der Waals surface area contributed by atoms with Crippen LogP contribution < -0.4 is 11.3 Å². The van der Waals surface area contributed by atoms with E-state index >= 15 is 0 Å². The topological polar surface area (TPSA) is 51.2 Å². The number of nitrogens with one attached hydrogen (secondary N) is 1. The van der Waals surface area contributed by atoms with Gasteiger partial charge in [0.1, 0.15) is 11.6 Å². The zero-order valence-electron chi connectivity index (χ0n) is 9.83. The van der Waals surface area contributed by atoms with Gasteiger partial charge in [-0.15, -0.1) is 0 Å². The van der Waals surface area contributed by atoms with Gasteiger partial charge >= 0.3 is 0 Å². The molecule has 0 radical (unpaired) electrons. The lowest BCUT2D eigenvalue weighted by Gasteiger charge is -2.16. The van der Waals surface area contributed by atoms with E-state index in [0.29, 0.717) is 0 Å². The number of aryl methyl sites for hydroxylation is 2. The van der Waals surface area contributed by atoms with E-state index < -0.39 is 0 Å². The van der Waals surface area contributed by atoms with E-state index in [0.717, 1.165) is 22.5 Å². The molecule has 0 saturated heterocycles. The number of nitrogens with two attached hydrogens (primary N) is 1. The average molecular weight is 234 g/mol. The summed E-state index contributed by atoms with van der Waals surface area (Å²) >= 11 is 0. The van der Waals surface area contributed by atoms with Crippen LogP contribution in [-0.2, 0) is 0 Å². The van der Waals surface area contributed by atoms with Gasteiger partial charge in [0, 0.05) is 5.56 Å². The maximum absolute atomic E-state index is 13.4. The first-order valence-corrected chi connectivity index (χ1v) is 5.39. The highest BCUT2D eigenvalue weighted by Crippen LogP contribution is 2.26. The van der Waals surface area contributed by atoms with Gasteiger partial charge in [-0.05, 0) is 43.2 Å². The lowest BCUT2D eigenvalue weighted by molar-refractivity contribution is 0.519. The van der Waals surface area contributed by atoms with Crippen LogP contribution in [0.4, 0.5) is 4.39 Å². The number of hydrazine groups is 1. The van der Waals surface area contributed by atoms with Crippen molar-refractivity contribution < 1.29 is 8.81 Å². The van der Waals surface area contributed by atoms with Crippen LogP contribution in [0.15, 0.2) is 34.9 Å². The molecule has 3 N–H and O–H groups in total. The molecular formula is C13H15FN2O. The molecule has 0 saturated carbocycles. The van der Waals surface area contributed by atoms with Crippen molar-refractivity contribution in [1.82, 2.24) is 5.43 Å². The second-order valence-corrected chi connectivity index (χ2v) is 4.09. The SMILES string of the molecule is Cc1cc(F)cc(C(NN)c2ccoc2C)c1. The summed E-state index contributed by atoms with van der Waals surface area (Å²) in [7, 11) is 0. The summed E-state index contributed by atoms with van der Waals surface area (Å²) in [5.41, 5.74) is 5.25. The molecule has 1 unspecified atom stereocenters. The molecule has 1 aromatic heterocycles. The smallest absolute Gasteiger partial charge is 0.123 e. The monoisotopic (exact) mass is 234 g/mol. The molecule has 0 bridgehead atoms. The lowest BCUT2D eigenvalue weighted by atomic mass is 9.98. The molecule has 0 fully saturated rings. The van der Waals surface area contributed by atoms with Gasteiger partial charge in [0.2, 0.25) is 0 Å². The van der Waals surface area contributed by atoms with E-state index in [2.05, 4.69) is 5.43 Å². The Labute approximate surface area is 99.4 Å². The molecule has 1 heterocycles. The number of hydrogen-bond donors (Lipinski definition) is 2. The summed E-state index contributed by atoms with van der Waals surface area (Å²) in [4.78, 5) is 0. The number of rotatable bonds is 3. The van der Waals surface area contributed by atoms with E-state index in [1.165, 1.54) is 12.1 Å². The first-order valence-electron chi connectivity index (χ1n) is 5.39. The molecule has 1 atom stereocenters. The van der Waals surface area contributed by atoms with Gasteiger partial charge in [-0.25, -0.2) is 9.82 Å². The van der Waals surface area contributed by atoms with Crippen LogP contribution in [0.2, 0.25) is 0 Å². The minimum Gasteiger partial charge on any atom is -0.469 e. The maximum atomic E-state index is 13.4. The van der Waals surface area contributed by atoms with Crippen LogP contribution in [-0.4, -0.2) is 0 Å². The van der Waals surface area contributed by atoms with Crippen molar-refractivity contribution in [1.29, 1.82) is 0 Å². The molecule has 0 aliphatic carbocycles. The summed E-state index contributed by atoms with van der Waals surface area (Å²) in [5.74, 6) is 6.06. The molecule has 4 heteroatoms. The Bertz CT molecular complexity index is 502. The van der Waals surface area contributed by atoms with Crippen LogP contribution in [0, 0.1) is 19.7 Å². The van der Waals surface area contributed by atoms with E-state index in [4.69, 9.17) is 10.3 Å². The minimum absolute atomic E-state index is 0.261. The third-order valence-electron chi connectivity index (χ3n) is 2.77. The summed E-state index contributed by atoms with van der Waals surface area (Å²) in [6, 6.07) is 6.44. The molecule has 0 amide bonds. The summed E-state index contributed by atoms with van der Waals surface area (Å²) in [6.45, 7) is 3.70. The van der Waals surface area contributed by atoms with Gasteiger partial charge in [0.05, 0.1) is 12.3 Å². The molecule has 0 aliphatic rings. The second-order valence-electron chi connectivity index (χ2n) is 4.09. The van der Waals surface area contributed by atoms with Crippen molar-refractivity contribution in [2.45, 2.75) is 19.9 Å². The quantitative estimate of drug-likeness (QED) is 0.634. The number of hydrogen-bond acceptors (Lipinski definition) is 3. The van der Waals surface area contributed by atoms with Gasteiger partial charge in [0.15, 0.2) is 0 Å². The molecule has 17 heavy (non-hydrogen) atoms. The van der Waals surface area contributed by atoms with Crippen molar-refractivity contribution in [2.24, 2.45) is 5.84 Å². The normalized spacial score (nSPS) is 12.7.